The van der Waals surface area contributed by atoms with Gasteiger partial charge in [-0.05, 0) is 37.6 Å². The second-order valence-electron chi connectivity index (χ2n) is 5.18. The topological polar surface area (TPSA) is 51.3 Å². The molecule has 1 atom stereocenters. The lowest BCUT2D eigenvalue weighted by atomic mass is 9.92. The van der Waals surface area contributed by atoms with E-state index in [0.717, 1.165) is 0 Å². The minimum absolute atomic E-state index is 0.0457. The summed E-state index contributed by atoms with van der Waals surface area (Å²) in [6, 6.07) is 4.86. The third-order valence-corrected chi connectivity index (χ3v) is 3.66. The summed E-state index contributed by atoms with van der Waals surface area (Å²) in [5.74, 6) is -2.34. The first kappa shape index (κ1) is 17.2. The van der Waals surface area contributed by atoms with E-state index < -0.39 is 24.5 Å². The van der Waals surface area contributed by atoms with Crippen LogP contribution in [0, 0.1) is 6.92 Å². The Hall–Kier alpha value is -2.18. The first-order valence-corrected chi connectivity index (χ1v) is 7.16. The lowest BCUT2D eigenvalue weighted by Gasteiger charge is -2.20. The quantitative estimate of drug-likeness (QED) is 0.841. The Morgan fingerprint density at radius 3 is 2.61 bits per heavy atom. The molecule has 1 aromatic heterocycles. The SMILES string of the molecule is CCOC(=O)CC(c1c(C)[nH]c2ccc(OC)cc12)C(F)(F)F. The molecule has 1 N–H and O–H groups in total. The van der Waals surface area contributed by atoms with Gasteiger partial charge in [0.2, 0.25) is 0 Å². The Bertz CT molecular complexity index is 706. The van der Waals surface area contributed by atoms with E-state index in [-0.39, 0.29) is 12.2 Å². The average Bonchev–Trinajstić information content (AvgIpc) is 2.78. The van der Waals surface area contributed by atoms with Gasteiger partial charge in [-0.25, -0.2) is 0 Å². The van der Waals surface area contributed by atoms with Gasteiger partial charge < -0.3 is 14.5 Å². The summed E-state index contributed by atoms with van der Waals surface area (Å²) in [5, 5.41) is 0.397. The van der Waals surface area contributed by atoms with E-state index in [1.54, 1.807) is 26.0 Å². The lowest BCUT2D eigenvalue weighted by Crippen LogP contribution is -2.25. The van der Waals surface area contributed by atoms with Crippen molar-refractivity contribution in [3.05, 3.63) is 29.5 Å². The lowest BCUT2D eigenvalue weighted by molar-refractivity contribution is -0.166. The van der Waals surface area contributed by atoms with E-state index in [0.29, 0.717) is 22.3 Å². The molecule has 0 saturated carbocycles. The first-order chi connectivity index (χ1) is 10.8. The van der Waals surface area contributed by atoms with Gasteiger partial charge in [0, 0.05) is 16.6 Å². The van der Waals surface area contributed by atoms with E-state index in [4.69, 9.17) is 4.74 Å². The molecule has 0 aliphatic carbocycles. The molecule has 0 fully saturated rings. The smallest absolute Gasteiger partial charge is 0.396 e. The minimum atomic E-state index is -4.56. The molecule has 1 unspecified atom stereocenters. The molecule has 2 rings (SSSR count). The number of halogens is 3. The standard InChI is InChI=1S/C16H18F3NO3/c1-4-23-14(21)8-12(16(17,18)19)15-9(2)20-13-6-5-10(22-3)7-11(13)15/h5-7,12,20H,4,8H2,1-3H3. The molecular formula is C16H18F3NO3. The van der Waals surface area contributed by atoms with Crippen LogP contribution in [-0.2, 0) is 9.53 Å². The molecular weight excluding hydrogens is 311 g/mol. The highest BCUT2D eigenvalue weighted by atomic mass is 19.4. The fourth-order valence-corrected chi connectivity index (χ4v) is 2.67. The van der Waals surface area contributed by atoms with Crippen LogP contribution in [-0.4, -0.2) is 30.8 Å². The summed E-state index contributed by atoms with van der Waals surface area (Å²) >= 11 is 0. The van der Waals surface area contributed by atoms with Gasteiger partial charge in [0.15, 0.2) is 0 Å². The van der Waals surface area contributed by atoms with Crippen LogP contribution >= 0.6 is 0 Å². The molecule has 126 valence electrons. The molecule has 7 heteroatoms. The van der Waals surface area contributed by atoms with Gasteiger partial charge in [-0.15, -0.1) is 0 Å². The van der Waals surface area contributed by atoms with Gasteiger partial charge >= 0.3 is 12.1 Å². The number of rotatable bonds is 5. The summed E-state index contributed by atoms with van der Waals surface area (Å²) in [6.07, 6.45) is -5.31. The van der Waals surface area contributed by atoms with Gasteiger partial charge in [-0.2, -0.15) is 13.2 Å². The highest BCUT2D eigenvalue weighted by molar-refractivity contribution is 5.87. The highest BCUT2D eigenvalue weighted by Gasteiger charge is 2.44. The van der Waals surface area contributed by atoms with Crippen molar-refractivity contribution in [2.45, 2.75) is 32.4 Å². The summed E-state index contributed by atoms with van der Waals surface area (Å²) < 4.78 is 50.3. The van der Waals surface area contributed by atoms with E-state index in [9.17, 15) is 18.0 Å². The average molecular weight is 329 g/mol. The fraction of sp³-hybridized carbons (Fsp3) is 0.438. The second kappa shape index (κ2) is 6.52. The molecule has 1 heterocycles. The Kier molecular flexibility index (Phi) is 4.87. The summed E-state index contributed by atoms with van der Waals surface area (Å²) in [6.45, 7) is 3.16. The molecule has 1 aromatic carbocycles. The first-order valence-electron chi connectivity index (χ1n) is 7.16. The van der Waals surface area contributed by atoms with Crippen molar-refractivity contribution in [1.82, 2.24) is 4.98 Å². The predicted molar refractivity (Wildman–Crippen MR) is 79.6 cm³/mol. The normalized spacial score (nSPS) is 13.1. The zero-order valence-electron chi connectivity index (χ0n) is 13.1. The van der Waals surface area contributed by atoms with Crippen LogP contribution in [0.25, 0.3) is 10.9 Å². The summed E-state index contributed by atoms with van der Waals surface area (Å²) in [4.78, 5) is 14.5. The Balaban J connectivity index is 2.55. The number of hydrogen-bond acceptors (Lipinski definition) is 3. The molecule has 2 aromatic rings. The largest absolute Gasteiger partial charge is 0.497 e. The number of methoxy groups -OCH3 is 1. The van der Waals surface area contributed by atoms with Crippen molar-refractivity contribution in [3.63, 3.8) is 0 Å². The van der Waals surface area contributed by atoms with Crippen LogP contribution < -0.4 is 4.74 Å². The van der Waals surface area contributed by atoms with Crippen LogP contribution in [0.3, 0.4) is 0 Å². The zero-order chi connectivity index (χ0) is 17.2. The number of aromatic amines is 1. The molecule has 0 spiro atoms. The molecule has 0 radical (unpaired) electrons. The monoisotopic (exact) mass is 329 g/mol. The number of ether oxygens (including phenoxy) is 2. The van der Waals surface area contributed by atoms with E-state index in [1.165, 1.54) is 13.2 Å². The van der Waals surface area contributed by atoms with Gasteiger partial charge in [0.25, 0.3) is 0 Å². The van der Waals surface area contributed by atoms with Crippen LogP contribution in [0.4, 0.5) is 13.2 Å². The number of carbonyl (C=O) groups excluding carboxylic acids is 1. The Labute approximate surface area is 131 Å². The van der Waals surface area contributed by atoms with Gasteiger partial charge in [-0.1, -0.05) is 0 Å². The highest BCUT2D eigenvalue weighted by Crippen LogP contribution is 2.43. The Morgan fingerprint density at radius 1 is 1.35 bits per heavy atom. The molecule has 4 nitrogen and oxygen atoms in total. The molecule has 0 bridgehead atoms. The summed E-state index contributed by atoms with van der Waals surface area (Å²) in [5.41, 5.74) is 0.996. The van der Waals surface area contributed by atoms with Gasteiger partial charge in [0.05, 0.1) is 26.1 Å². The number of carbonyl (C=O) groups is 1. The number of benzene rings is 1. The van der Waals surface area contributed by atoms with Crippen molar-refractivity contribution >= 4 is 16.9 Å². The van der Waals surface area contributed by atoms with Gasteiger partial charge in [0.1, 0.15) is 5.75 Å². The van der Waals surface area contributed by atoms with Crippen LogP contribution in [0.5, 0.6) is 5.75 Å². The number of alkyl halides is 3. The minimum Gasteiger partial charge on any atom is -0.497 e. The molecule has 0 amide bonds. The number of aryl methyl sites for hydroxylation is 1. The number of hydrogen-bond donors (Lipinski definition) is 1. The number of fused-ring (bicyclic) bond motifs is 1. The second-order valence-corrected chi connectivity index (χ2v) is 5.18. The van der Waals surface area contributed by atoms with Crippen molar-refractivity contribution in [2.24, 2.45) is 0 Å². The van der Waals surface area contributed by atoms with E-state index >= 15 is 0 Å². The maximum atomic E-state index is 13.5. The maximum Gasteiger partial charge on any atom is 0.396 e. The third kappa shape index (κ3) is 3.60. The maximum absolute atomic E-state index is 13.5. The molecule has 0 saturated heterocycles. The van der Waals surface area contributed by atoms with Crippen LogP contribution in [0.1, 0.15) is 30.5 Å². The Morgan fingerprint density at radius 2 is 2.04 bits per heavy atom. The van der Waals surface area contributed by atoms with Crippen molar-refractivity contribution in [1.29, 1.82) is 0 Å². The van der Waals surface area contributed by atoms with Crippen molar-refractivity contribution in [3.8, 4) is 5.75 Å². The third-order valence-electron chi connectivity index (χ3n) is 3.66. The van der Waals surface area contributed by atoms with E-state index in [1.807, 2.05) is 0 Å². The fourth-order valence-electron chi connectivity index (χ4n) is 2.67. The summed E-state index contributed by atoms with van der Waals surface area (Å²) in [7, 11) is 1.44. The molecule has 0 aliphatic heterocycles. The number of aromatic nitrogens is 1. The van der Waals surface area contributed by atoms with Gasteiger partial charge in [-0.3, -0.25) is 4.79 Å². The van der Waals surface area contributed by atoms with Crippen molar-refractivity contribution < 1.29 is 27.4 Å². The van der Waals surface area contributed by atoms with Crippen LogP contribution in [0.2, 0.25) is 0 Å². The zero-order valence-corrected chi connectivity index (χ0v) is 13.1. The predicted octanol–water partition coefficient (Wildman–Crippen LogP) is 4.08. The molecule has 0 aliphatic rings. The number of nitrogens with one attached hydrogen (secondary N) is 1. The van der Waals surface area contributed by atoms with Crippen LogP contribution in [0.15, 0.2) is 18.2 Å². The van der Waals surface area contributed by atoms with E-state index in [2.05, 4.69) is 9.72 Å². The number of H-pyrrole nitrogens is 1. The molecule has 23 heavy (non-hydrogen) atoms. The number of esters is 1. The van der Waals surface area contributed by atoms with Crippen molar-refractivity contribution in [2.75, 3.05) is 13.7 Å².